The summed E-state index contributed by atoms with van der Waals surface area (Å²) in [4.78, 5) is 25.6. The minimum absolute atomic E-state index is 0.0468. The summed E-state index contributed by atoms with van der Waals surface area (Å²) in [5, 5.41) is 55.4. The van der Waals surface area contributed by atoms with Gasteiger partial charge in [-0.3, -0.25) is 9.48 Å². The zero-order valence-electron chi connectivity index (χ0n) is 37.6. The molecule has 1 unspecified atom stereocenters. The Morgan fingerprint density at radius 2 is 1.72 bits per heavy atom. The highest BCUT2D eigenvalue weighted by Crippen LogP contribution is 2.34. The molecule has 2 fully saturated rings. The van der Waals surface area contributed by atoms with Gasteiger partial charge in [-0.25, -0.2) is 9.97 Å². The third kappa shape index (κ3) is 13.0. The number of ether oxygens (including phenoxy) is 4. The molecule has 0 radical (unpaired) electrons. The fourth-order valence-corrected chi connectivity index (χ4v) is 8.76. The Morgan fingerprint density at radius 3 is 2.41 bits per heavy atom. The van der Waals surface area contributed by atoms with E-state index >= 15 is 0 Å². The van der Waals surface area contributed by atoms with Crippen LogP contribution in [0.25, 0.3) is 11.1 Å². The van der Waals surface area contributed by atoms with E-state index in [0.717, 1.165) is 29.0 Å². The van der Waals surface area contributed by atoms with Crippen LogP contribution in [0.2, 0.25) is 0 Å². The molecule has 2 aliphatic rings. The van der Waals surface area contributed by atoms with Gasteiger partial charge >= 0.3 is 5.97 Å². The van der Waals surface area contributed by atoms with Gasteiger partial charge in [0.2, 0.25) is 0 Å². The second-order valence-electron chi connectivity index (χ2n) is 18.1. The first-order chi connectivity index (χ1) is 28.9. The number of aryl methyl sites for hydroxylation is 1. The number of likely N-dealkylation sites (N-methyl/N-ethyl adjacent to an activating group) is 2. The maximum Gasteiger partial charge on any atom is 0.309 e. The molecule has 12 atom stereocenters. The molecule has 1 aromatic carbocycles. The average Bonchev–Trinajstić information content (AvgIpc) is 3.69. The third-order valence-electron chi connectivity index (χ3n) is 12.7. The molecule has 4 heterocycles. The molecule has 4 N–H and O–H groups in total. The van der Waals surface area contributed by atoms with E-state index in [1.165, 1.54) is 13.3 Å². The first-order valence-corrected chi connectivity index (χ1v) is 22.0. The van der Waals surface area contributed by atoms with Crippen LogP contribution in [0.4, 0.5) is 0 Å². The number of aliphatic hydroxyl groups is 4. The van der Waals surface area contributed by atoms with Crippen LogP contribution in [0.3, 0.4) is 0 Å². The predicted molar refractivity (Wildman–Crippen MR) is 229 cm³/mol. The molecule has 0 spiro atoms. The van der Waals surface area contributed by atoms with E-state index in [0.29, 0.717) is 64.8 Å². The van der Waals surface area contributed by atoms with Crippen LogP contribution in [-0.4, -0.2) is 155 Å². The highest BCUT2D eigenvalue weighted by Gasteiger charge is 2.47. The molecule has 2 saturated heterocycles. The maximum atomic E-state index is 13.4. The fourth-order valence-electron chi connectivity index (χ4n) is 8.76. The van der Waals surface area contributed by atoms with E-state index in [2.05, 4.69) is 25.2 Å². The van der Waals surface area contributed by atoms with Crippen LogP contribution in [0.15, 0.2) is 49.2 Å². The number of aliphatic hydroxyl groups excluding tert-OH is 2. The minimum Gasteiger partial charge on any atom is -0.494 e. The number of carbonyl (C=O) groups is 1. The monoisotopic (exact) mass is 854 g/mol. The summed E-state index contributed by atoms with van der Waals surface area (Å²) in [6.07, 6.45) is 5.05. The number of carbonyl (C=O) groups excluding carboxylic acids is 1. The molecule has 3 aromatic rings. The second-order valence-corrected chi connectivity index (χ2v) is 18.1. The number of aromatic nitrogens is 5. The van der Waals surface area contributed by atoms with Crippen LogP contribution in [0.5, 0.6) is 5.75 Å². The Labute approximate surface area is 361 Å². The number of hydrogen-bond acceptors (Lipinski definition) is 15. The van der Waals surface area contributed by atoms with Gasteiger partial charge in [0.25, 0.3) is 0 Å². The molecule has 0 bridgehead atoms. The first-order valence-electron chi connectivity index (χ1n) is 22.0. The number of benzene rings is 1. The smallest absolute Gasteiger partial charge is 0.309 e. The van der Waals surface area contributed by atoms with Gasteiger partial charge in [-0.05, 0) is 97.5 Å². The van der Waals surface area contributed by atoms with Crippen LogP contribution in [-0.2, 0) is 32.0 Å². The SMILES string of the molecule is CC[C@H]1OC(=O)[C@H](C)CC[C@@H](O[C@@H]2O[C@H](C)C[C@H](N(C)CCc3cn(CCCOc4ccc(-c5cncnc5)cc4)nn3)C2O)[C@](C)(O)C[C@@H](C)CN(C)[C@H](C)[C@@H](O)[C@]1(C)O. The molecule has 16 heteroatoms. The summed E-state index contributed by atoms with van der Waals surface area (Å²) < 4.78 is 26.4. The molecule has 0 saturated carbocycles. The summed E-state index contributed by atoms with van der Waals surface area (Å²) >= 11 is 0. The van der Waals surface area contributed by atoms with E-state index in [4.69, 9.17) is 18.9 Å². The number of cyclic esters (lactones) is 1. The summed E-state index contributed by atoms with van der Waals surface area (Å²) in [7, 11) is 3.83. The minimum atomic E-state index is -1.68. The molecular formula is C45H71N7O9. The van der Waals surface area contributed by atoms with E-state index in [1.54, 1.807) is 26.2 Å². The van der Waals surface area contributed by atoms with Gasteiger partial charge in [-0.1, -0.05) is 38.1 Å². The summed E-state index contributed by atoms with van der Waals surface area (Å²) in [5.74, 6) is -0.351. The zero-order valence-corrected chi connectivity index (χ0v) is 37.6. The number of hydrogen-bond donors (Lipinski definition) is 4. The number of rotatable bonds is 13. The number of esters is 1. The van der Waals surface area contributed by atoms with Crippen molar-refractivity contribution in [3.8, 4) is 16.9 Å². The van der Waals surface area contributed by atoms with Crippen molar-refractivity contribution in [1.29, 1.82) is 0 Å². The molecule has 0 amide bonds. The van der Waals surface area contributed by atoms with E-state index < -0.39 is 59.8 Å². The van der Waals surface area contributed by atoms with Crippen molar-refractivity contribution in [2.24, 2.45) is 11.8 Å². The summed E-state index contributed by atoms with van der Waals surface area (Å²) in [5.41, 5.74) is -0.236. The quantitative estimate of drug-likeness (QED) is 0.143. The average molecular weight is 854 g/mol. The molecule has 2 aromatic heterocycles. The Morgan fingerprint density at radius 1 is 1.02 bits per heavy atom. The topological polar surface area (TPSA) is 198 Å². The molecular weight excluding hydrogens is 783 g/mol. The highest BCUT2D eigenvalue weighted by molar-refractivity contribution is 5.72. The van der Waals surface area contributed by atoms with Gasteiger partial charge in [0.15, 0.2) is 6.29 Å². The van der Waals surface area contributed by atoms with Crippen molar-refractivity contribution in [3.05, 3.63) is 54.9 Å². The molecule has 5 rings (SSSR count). The van der Waals surface area contributed by atoms with Gasteiger partial charge in [-0.15, -0.1) is 5.10 Å². The first kappa shape index (κ1) is 48.4. The van der Waals surface area contributed by atoms with Crippen molar-refractivity contribution in [2.75, 3.05) is 33.8 Å². The van der Waals surface area contributed by atoms with Gasteiger partial charge in [-0.2, -0.15) is 0 Å². The normalized spacial score (nSPS) is 33.8. The lowest BCUT2D eigenvalue weighted by Gasteiger charge is -2.45. The van der Waals surface area contributed by atoms with E-state index in [1.807, 2.05) is 81.8 Å². The Hall–Kier alpha value is -3.61. The second kappa shape index (κ2) is 21.7. The van der Waals surface area contributed by atoms with E-state index in [9.17, 15) is 25.2 Å². The van der Waals surface area contributed by atoms with Gasteiger partial charge in [0, 0.05) is 68.7 Å². The number of nitrogens with zero attached hydrogens (tertiary/aromatic N) is 7. The molecule has 0 aliphatic carbocycles. The standard InChI is InChI=1S/C45H71N7O9/c1-10-38-45(7,57)41(54)32(5)51(9)26-29(2)23-44(6,56)39(17-12-30(3)42(55)60-38)61-43-40(53)37(22-31(4)59-43)50(8)20-18-35-27-52(49-48-35)19-11-21-58-36-15-13-33(14-16-36)34-24-46-28-47-25-34/h13-16,24-25,27-32,37-41,43,53-54,56-57H,10-12,17-23,26H2,1-9H3/t29-,30-,31-,32-,37+,38-,39-,40?,41-,43+,44-,45-/m1/s1. The lowest BCUT2D eigenvalue weighted by molar-refractivity contribution is -0.289. The van der Waals surface area contributed by atoms with Crippen molar-refractivity contribution >= 4 is 5.97 Å². The van der Waals surface area contributed by atoms with Gasteiger partial charge in [0.05, 0.1) is 36.0 Å². The lowest BCUT2D eigenvalue weighted by atomic mass is 9.84. The van der Waals surface area contributed by atoms with E-state index in [-0.39, 0.29) is 18.1 Å². The van der Waals surface area contributed by atoms with Gasteiger partial charge < -0.3 is 49.2 Å². The fraction of sp³-hybridized carbons (Fsp3) is 0.711. The third-order valence-corrected chi connectivity index (χ3v) is 12.7. The lowest BCUT2D eigenvalue weighted by Crippen LogP contribution is -2.59. The molecule has 61 heavy (non-hydrogen) atoms. The Bertz CT molecular complexity index is 1780. The largest absolute Gasteiger partial charge is 0.494 e. The summed E-state index contributed by atoms with van der Waals surface area (Å²) in [6, 6.07) is 7.08. The van der Waals surface area contributed by atoms with Crippen molar-refractivity contribution in [2.45, 2.75) is 160 Å². The Balaban J connectivity index is 1.16. The van der Waals surface area contributed by atoms with Gasteiger partial charge in [0.1, 0.15) is 36.0 Å². The van der Waals surface area contributed by atoms with Crippen molar-refractivity contribution < 1.29 is 44.2 Å². The molecule has 340 valence electrons. The zero-order chi connectivity index (χ0) is 44.5. The Kier molecular flexibility index (Phi) is 17.2. The van der Waals surface area contributed by atoms with Crippen molar-refractivity contribution in [3.63, 3.8) is 0 Å². The predicted octanol–water partition coefficient (Wildman–Crippen LogP) is 3.89. The molecule has 2 aliphatic heterocycles. The maximum absolute atomic E-state index is 13.4. The molecule has 16 nitrogen and oxygen atoms in total. The highest BCUT2D eigenvalue weighted by atomic mass is 16.7. The van der Waals surface area contributed by atoms with Crippen LogP contribution in [0.1, 0.15) is 92.7 Å². The van der Waals surface area contributed by atoms with Crippen LogP contribution in [0, 0.1) is 11.8 Å². The van der Waals surface area contributed by atoms with Crippen molar-refractivity contribution in [1.82, 2.24) is 34.8 Å². The van der Waals surface area contributed by atoms with Crippen LogP contribution >= 0.6 is 0 Å². The van der Waals surface area contributed by atoms with Crippen LogP contribution < -0.4 is 4.74 Å². The summed E-state index contributed by atoms with van der Waals surface area (Å²) in [6.45, 7) is 14.9.